The Morgan fingerprint density at radius 1 is 1.38 bits per heavy atom. The van der Waals surface area contributed by atoms with Crippen molar-refractivity contribution in [2.45, 2.75) is 17.9 Å². The molecular weight excluding hydrogens is 412 g/mol. The second-order valence-electron chi connectivity index (χ2n) is 2.80. The molecule has 0 atom stereocenters. The van der Waals surface area contributed by atoms with Gasteiger partial charge in [-0.3, -0.25) is 0 Å². The zero-order chi connectivity index (χ0) is 12.5. The highest BCUT2D eigenvalue weighted by Gasteiger charge is 2.37. The van der Waals surface area contributed by atoms with Crippen molar-refractivity contribution >= 4 is 38.5 Å². The van der Waals surface area contributed by atoms with E-state index in [1.54, 1.807) is 0 Å². The van der Waals surface area contributed by atoms with Crippen LogP contribution in [0.4, 0.5) is 22.0 Å². The third-order valence-corrected chi connectivity index (χ3v) is 3.12. The van der Waals surface area contributed by atoms with E-state index in [1.165, 1.54) is 22.6 Å². The van der Waals surface area contributed by atoms with Crippen molar-refractivity contribution in [3.05, 3.63) is 26.6 Å². The van der Waals surface area contributed by atoms with Crippen LogP contribution in [-0.4, -0.2) is 4.98 Å². The number of nitrogens with zero attached hydrogens (tertiary/aromatic N) is 1. The predicted octanol–water partition coefficient (Wildman–Crippen LogP) is 4.54. The number of pyridine rings is 1. The van der Waals surface area contributed by atoms with Gasteiger partial charge in [0.15, 0.2) is 0 Å². The minimum Gasteiger partial charge on any atom is -0.245 e. The van der Waals surface area contributed by atoms with Crippen LogP contribution in [0.3, 0.4) is 0 Å². The van der Waals surface area contributed by atoms with Gasteiger partial charge in [-0.1, -0.05) is 15.9 Å². The highest BCUT2D eigenvalue weighted by Crippen LogP contribution is 2.38. The fraction of sp³-hybridized carbons (Fsp3) is 0.375. The maximum atomic E-state index is 12.5. The number of hydrogen-bond donors (Lipinski definition) is 0. The lowest BCUT2D eigenvalue weighted by atomic mass is 10.1. The van der Waals surface area contributed by atoms with E-state index in [9.17, 15) is 22.0 Å². The van der Waals surface area contributed by atoms with Crippen LogP contribution in [0.25, 0.3) is 0 Å². The van der Waals surface area contributed by atoms with Gasteiger partial charge >= 0.3 is 6.18 Å². The van der Waals surface area contributed by atoms with Crippen LogP contribution in [0.2, 0.25) is 0 Å². The predicted molar refractivity (Wildman–Crippen MR) is 59.5 cm³/mol. The van der Waals surface area contributed by atoms with E-state index in [0.717, 1.165) is 0 Å². The fourth-order valence-electron chi connectivity index (χ4n) is 1.08. The summed E-state index contributed by atoms with van der Waals surface area (Å²) in [6.07, 6.45) is -7.99. The lowest BCUT2D eigenvalue weighted by Gasteiger charge is -2.14. The van der Waals surface area contributed by atoms with Crippen LogP contribution in [-0.2, 0) is 11.5 Å². The number of hydrogen-bond acceptors (Lipinski definition) is 1. The lowest BCUT2D eigenvalue weighted by molar-refractivity contribution is -0.139. The summed E-state index contributed by atoms with van der Waals surface area (Å²) in [5.74, 6) is 0. The summed E-state index contributed by atoms with van der Waals surface area (Å²) in [5.41, 5.74) is -2.31. The van der Waals surface area contributed by atoms with Crippen LogP contribution in [0.15, 0.2) is 6.07 Å². The molecule has 0 fully saturated rings. The van der Waals surface area contributed by atoms with Gasteiger partial charge in [0, 0.05) is 5.33 Å². The summed E-state index contributed by atoms with van der Waals surface area (Å²) in [5, 5.41) is 0.0790. The molecule has 0 radical (unpaired) electrons. The molecule has 1 heterocycles. The molecule has 0 aliphatic rings. The number of alkyl halides is 6. The molecular formula is C8H4BrF5IN. The molecule has 0 N–H and O–H groups in total. The molecule has 0 spiro atoms. The first kappa shape index (κ1) is 14.1. The van der Waals surface area contributed by atoms with Crippen molar-refractivity contribution in [1.29, 1.82) is 0 Å². The Hall–Kier alpha value is 0.01000. The molecule has 16 heavy (non-hydrogen) atoms. The Morgan fingerprint density at radius 3 is 2.31 bits per heavy atom. The van der Waals surface area contributed by atoms with Crippen molar-refractivity contribution in [1.82, 2.24) is 4.98 Å². The summed E-state index contributed by atoms with van der Waals surface area (Å²) in [4.78, 5) is 3.65. The molecule has 0 aromatic carbocycles. The smallest absolute Gasteiger partial charge is 0.245 e. The Morgan fingerprint density at radius 2 is 1.94 bits per heavy atom. The van der Waals surface area contributed by atoms with E-state index < -0.39 is 23.7 Å². The van der Waals surface area contributed by atoms with Gasteiger partial charge in [-0.2, -0.15) is 13.2 Å². The van der Waals surface area contributed by atoms with Gasteiger partial charge in [0.1, 0.15) is 3.70 Å². The summed E-state index contributed by atoms with van der Waals surface area (Å²) in [6.45, 7) is 0. The molecule has 1 aromatic rings. The monoisotopic (exact) mass is 415 g/mol. The van der Waals surface area contributed by atoms with Crippen molar-refractivity contribution in [2.24, 2.45) is 0 Å². The maximum Gasteiger partial charge on any atom is 0.417 e. The normalized spacial score (nSPS) is 12.2. The highest BCUT2D eigenvalue weighted by molar-refractivity contribution is 14.1. The third-order valence-electron chi connectivity index (χ3n) is 1.73. The van der Waals surface area contributed by atoms with E-state index in [0.29, 0.717) is 6.07 Å². The van der Waals surface area contributed by atoms with E-state index in [2.05, 4.69) is 20.9 Å². The van der Waals surface area contributed by atoms with Gasteiger partial charge in [0.2, 0.25) is 0 Å². The number of rotatable bonds is 2. The Labute approximate surface area is 110 Å². The standard InChI is InChI=1S/C8H4BrF5IN/c9-2-3-1-4(8(12,13)14)5(6(10)11)7(15)16-3/h1,6H,2H2. The molecule has 90 valence electrons. The minimum absolute atomic E-state index is 0.0705. The van der Waals surface area contributed by atoms with Crippen LogP contribution < -0.4 is 0 Å². The first-order valence-electron chi connectivity index (χ1n) is 3.88. The maximum absolute atomic E-state index is 12.5. The second kappa shape index (κ2) is 5.11. The van der Waals surface area contributed by atoms with E-state index in [1.807, 2.05) is 0 Å². The molecule has 0 amide bonds. The zero-order valence-corrected chi connectivity index (χ0v) is 11.2. The molecule has 0 saturated carbocycles. The second-order valence-corrected chi connectivity index (χ2v) is 4.38. The molecule has 1 nitrogen and oxygen atoms in total. The minimum atomic E-state index is -4.80. The molecule has 0 saturated heterocycles. The summed E-state index contributed by atoms with van der Waals surface area (Å²) in [6, 6.07) is 0.637. The molecule has 0 aliphatic heterocycles. The van der Waals surface area contributed by atoms with Crippen molar-refractivity contribution in [3.63, 3.8) is 0 Å². The van der Waals surface area contributed by atoms with Crippen LogP contribution in [0.1, 0.15) is 23.2 Å². The first-order chi connectivity index (χ1) is 7.27. The summed E-state index contributed by atoms with van der Waals surface area (Å²) >= 11 is 4.31. The molecule has 0 unspecified atom stereocenters. The largest absolute Gasteiger partial charge is 0.417 e. The van der Waals surface area contributed by atoms with Crippen LogP contribution in [0, 0.1) is 3.70 Å². The third kappa shape index (κ3) is 3.02. The molecule has 0 bridgehead atoms. The Kier molecular flexibility index (Phi) is 4.49. The number of halogens is 7. The topological polar surface area (TPSA) is 12.9 Å². The molecule has 0 aliphatic carbocycles. The van der Waals surface area contributed by atoms with Crippen LogP contribution >= 0.6 is 38.5 Å². The van der Waals surface area contributed by atoms with Gasteiger partial charge in [-0.15, -0.1) is 0 Å². The average Bonchev–Trinajstić information content (AvgIpc) is 2.14. The fourth-order valence-corrected chi connectivity index (χ4v) is 2.21. The van der Waals surface area contributed by atoms with E-state index in [4.69, 9.17) is 0 Å². The SMILES string of the molecule is FC(F)c1c(C(F)(F)F)cc(CBr)nc1I. The number of aromatic nitrogens is 1. The van der Waals surface area contributed by atoms with Gasteiger partial charge in [0.25, 0.3) is 6.43 Å². The van der Waals surface area contributed by atoms with Gasteiger partial charge in [0.05, 0.1) is 16.8 Å². The van der Waals surface area contributed by atoms with Gasteiger partial charge in [-0.25, -0.2) is 13.8 Å². The van der Waals surface area contributed by atoms with Gasteiger partial charge < -0.3 is 0 Å². The van der Waals surface area contributed by atoms with Crippen molar-refractivity contribution in [2.75, 3.05) is 0 Å². The molecule has 1 rings (SSSR count). The van der Waals surface area contributed by atoms with Gasteiger partial charge in [-0.05, 0) is 28.7 Å². The molecule has 1 aromatic heterocycles. The van der Waals surface area contributed by atoms with E-state index in [-0.39, 0.29) is 14.7 Å². The summed E-state index contributed by atoms with van der Waals surface area (Å²) < 4.78 is 62.2. The highest BCUT2D eigenvalue weighted by atomic mass is 127. The quantitative estimate of drug-likeness (QED) is 0.299. The lowest BCUT2D eigenvalue weighted by Crippen LogP contribution is -2.13. The first-order valence-corrected chi connectivity index (χ1v) is 6.08. The Balaban J connectivity index is 3.47. The molecule has 8 heteroatoms. The van der Waals surface area contributed by atoms with E-state index >= 15 is 0 Å². The van der Waals surface area contributed by atoms with Crippen molar-refractivity contribution in [3.8, 4) is 0 Å². The Bertz CT molecular complexity index is 393. The summed E-state index contributed by atoms with van der Waals surface area (Å²) in [7, 11) is 0. The van der Waals surface area contributed by atoms with Crippen molar-refractivity contribution < 1.29 is 22.0 Å². The zero-order valence-electron chi connectivity index (χ0n) is 7.45. The average molecular weight is 416 g/mol. The van der Waals surface area contributed by atoms with Crippen LogP contribution in [0.5, 0.6) is 0 Å².